The molecule has 2 N–H and O–H groups in total. The second kappa shape index (κ2) is 8.41. The summed E-state index contributed by atoms with van der Waals surface area (Å²) in [5, 5.41) is 14.8. The molecule has 7 heteroatoms. The quantitative estimate of drug-likeness (QED) is 0.741. The van der Waals surface area contributed by atoms with Crippen LogP contribution in [0.3, 0.4) is 0 Å². The molecule has 0 spiro atoms. The van der Waals surface area contributed by atoms with E-state index in [2.05, 4.69) is 23.1 Å². The number of rotatable bonds is 3. The van der Waals surface area contributed by atoms with E-state index in [1.54, 1.807) is 14.2 Å². The Kier molecular flexibility index (Phi) is 6.53. The molecule has 0 radical (unpaired) electrons. The van der Waals surface area contributed by atoms with Crippen LogP contribution in [0.4, 0.5) is 0 Å². The molecule has 0 saturated carbocycles. The Morgan fingerprint density at radius 1 is 1.12 bits per heavy atom. The van der Waals surface area contributed by atoms with Crippen molar-refractivity contribution >= 4 is 11.9 Å². The van der Waals surface area contributed by atoms with Crippen molar-refractivity contribution in [2.45, 2.75) is 25.0 Å². The fourth-order valence-electron chi connectivity index (χ4n) is 3.81. The van der Waals surface area contributed by atoms with Gasteiger partial charge < -0.3 is 24.6 Å². The smallest absolute Gasteiger partial charge is 0.414 e. The third-order valence-electron chi connectivity index (χ3n) is 5.01. The average Bonchev–Trinajstić information content (AvgIpc) is 2.62. The van der Waals surface area contributed by atoms with Gasteiger partial charge in [-0.3, -0.25) is 0 Å². The summed E-state index contributed by atoms with van der Waals surface area (Å²) in [5.41, 5.74) is 1.45. The summed E-state index contributed by atoms with van der Waals surface area (Å²) in [6, 6.07) is 0. The minimum absolute atomic E-state index is 0.0745. The summed E-state index contributed by atoms with van der Waals surface area (Å²) in [4.78, 5) is 20.8. The van der Waals surface area contributed by atoms with Crippen LogP contribution in [0.15, 0.2) is 23.8 Å². The maximum Gasteiger partial charge on any atom is 0.414 e. The highest BCUT2D eigenvalue weighted by Crippen LogP contribution is 2.39. The first kappa shape index (κ1) is 18.6. The lowest BCUT2D eigenvalue weighted by Gasteiger charge is -2.47. The molecule has 3 unspecified atom stereocenters. The third kappa shape index (κ3) is 4.23. The first-order chi connectivity index (χ1) is 11.5. The number of nitrogens with zero attached hydrogens (tertiary/aromatic N) is 1. The van der Waals surface area contributed by atoms with E-state index in [1.807, 2.05) is 0 Å². The van der Waals surface area contributed by atoms with Crippen molar-refractivity contribution in [1.82, 2.24) is 4.90 Å². The second-order valence-corrected chi connectivity index (χ2v) is 6.26. The molecule has 3 aliphatic heterocycles. The van der Waals surface area contributed by atoms with Crippen molar-refractivity contribution in [3.05, 3.63) is 23.8 Å². The van der Waals surface area contributed by atoms with Crippen molar-refractivity contribution in [2.24, 2.45) is 11.8 Å². The minimum Gasteiger partial charge on any atom is -0.473 e. The molecule has 3 fully saturated rings. The average molecular weight is 339 g/mol. The van der Waals surface area contributed by atoms with Gasteiger partial charge in [0.15, 0.2) is 0 Å². The molecule has 134 valence electrons. The number of carbonyl (C=O) groups is 2. The SMILES string of the molecule is COC1C=CC=C(C2CN3CCC2CC3)C1OC.O=C(O)C(=O)O. The van der Waals surface area contributed by atoms with Crippen LogP contribution in [0.25, 0.3) is 0 Å². The lowest BCUT2D eigenvalue weighted by molar-refractivity contribution is -0.159. The summed E-state index contributed by atoms with van der Waals surface area (Å²) in [6.07, 6.45) is 9.36. The Morgan fingerprint density at radius 3 is 2.17 bits per heavy atom. The number of fused-ring (bicyclic) bond motifs is 3. The van der Waals surface area contributed by atoms with Crippen molar-refractivity contribution in [3.8, 4) is 0 Å². The zero-order valence-electron chi connectivity index (χ0n) is 14.1. The molecule has 0 aromatic heterocycles. The van der Waals surface area contributed by atoms with Crippen molar-refractivity contribution in [2.75, 3.05) is 33.9 Å². The molecule has 1 aliphatic carbocycles. The van der Waals surface area contributed by atoms with Crippen molar-refractivity contribution in [3.63, 3.8) is 0 Å². The highest BCUT2D eigenvalue weighted by Gasteiger charge is 2.40. The van der Waals surface area contributed by atoms with Crippen LogP contribution in [0.1, 0.15) is 12.8 Å². The van der Waals surface area contributed by atoms with E-state index in [0.717, 1.165) is 5.92 Å². The van der Waals surface area contributed by atoms with E-state index in [9.17, 15) is 0 Å². The van der Waals surface area contributed by atoms with Gasteiger partial charge in [-0.25, -0.2) is 9.59 Å². The summed E-state index contributed by atoms with van der Waals surface area (Å²) < 4.78 is 11.2. The Hall–Kier alpha value is -1.70. The van der Waals surface area contributed by atoms with Crippen LogP contribution in [-0.2, 0) is 19.1 Å². The number of aliphatic carboxylic acids is 2. The largest absolute Gasteiger partial charge is 0.473 e. The monoisotopic (exact) mass is 339 g/mol. The van der Waals surface area contributed by atoms with Gasteiger partial charge in [-0.15, -0.1) is 0 Å². The number of ether oxygens (including phenoxy) is 2. The van der Waals surface area contributed by atoms with Gasteiger partial charge in [0.25, 0.3) is 0 Å². The van der Waals surface area contributed by atoms with Crippen LogP contribution in [0, 0.1) is 11.8 Å². The second-order valence-electron chi connectivity index (χ2n) is 6.26. The molecule has 3 heterocycles. The molecular weight excluding hydrogens is 314 g/mol. The summed E-state index contributed by atoms with van der Waals surface area (Å²) in [5.74, 6) is -2.13. The number of allylic oxidation sites excluding steroid dienone is 2. The molecule has 3 saturated heterocycles. The molecule has 4 aliphatic rings. The normalized spacial score (nSPS) is 34.1. The Balaban J connectivity index is 0.000000301. The summed E-state index contributed by atoms with van der Waals surface area (Å²) in [7, 11) is 3.56. The molecule has 4 rings (SSSR count). The van der Waals surface area contributed by atoms with E-state index in [0.29, 0.717) is 5.92 Å². The third-order valence-corrected chi connectivity index (χ3v) is 5.01. The van der Waals surface area contributed by atoms with Gasteiger partial charge in [-0.2, -0.15) is 0 Å². The number of hydrogen-bond donors (Lipinski definition) is 2. The van der Waals surface area contributed by atoms with Crippen molar-refractivity contribution < 1.29 is 29.3 Å². The van der Waals surface area contributed by atoms with Gasteiger partial charge in [0, 0.05) is 20.8 Å². The van der Waals surface area contributed by atoms with Gasteiger partial charge in [0.1, 0.15) is 12.2 Å². The lowest BCUT2D eigenvalue weighted by Crippen LogP contribution is -2.50. The summed E-state index contributed by atoms with van der Waals surface area (Å²) in [6.45, 7) is 3.78. The summed E-state index contributed by atoms with van der Waals surface area (Å²) >= 11 is 0. The van der Waals surface area contributed by atoms with E-state index in [4.69, 9.17) is 29.3 Å². The topological polar surface area (TPSA) is 96.3 Å². The maximum absolute atomic E-state index is 9.10. The standard InChI is InChI=1S/C15H23NO2.C2H2O4/c1-17-14-5-3-4-12(15(14)18-2)13-10-16-8-6-11(13)7-9-16;3-1(4)2(5)6/h3-5,11,13-15H,6-10H2,1-2H3;(H,3,4)(H,5,6). The zero-order valence-corrected chi connectivity index (χ0v) is 14.1. The van der Waals surface area contributed by atoms with Gasteiger partial charge in [-0.1, -0.05) is 18.2 Å². The first-order valence-electron chi connectivity index (χ1n) is 8.10. The number of hydrogen-bond acceptors (Lipinski definition) is 5. The Labute approximate surface area is 141 Å². The minimum atomic E-state index is -1.82. The van der Waals surface area contributed by atoms with Crippen LogP contribution in [0.5, 0.6) is 0 Å². The van der Waals surface area contributed by atoms with Crippen LogP contribution in [0.2, 0.25) is 0 Å². The van der Waals surface area contributed by atoms with E-state index >= 15 is 0 Å². The number of carboxylic acid groups (broad SMARTS) is 2. The number of piperidine rings is 3. The van der Waals surface area contributed by atoms with Crippen molar-refractivity contribution in [1.29, 1.82) is 0 Å². The van der Waals surface area contributed by atoms with Crippen LogP contribution in [-0.4, -0.2) is 73.1 Å². The molecule has 3 atom stereocenters. The van der Waals surface area contributed by atoms with E-state index in [-0.39, 0.29) is 12.2 Å². The molecule has 24 heavy (non-hydrogen) atoms. The Morgan fingerprint density at radius 2 is 1.75 bits per heavy atom. The van der Waals surface area contributed by atoms with Gasteiger partial charge >= 0.3 is 11.9 Å². The van der Waals surface area contributed by atoms with Crippen LogP contribution < -0.4 is 0 Å². The molecule has 0 amide bonds. The van der Waals surface area contributed by atoms with E-state index < -0.39 is 11.9 Å². The van der Waals surface area contributed by atoms with E-state index in [1.165, 1.54) is 38.0 Å². The molecule has 7 nitrogen and oxygen atoms in total. The number of carboxylic acids is 2. The molecule has 2 bridgehead atoms. The first-order valence-corrected chi connectivity index (χ1v) is 8.10. The maximum atomic E-state index is 9.10. The molecular formula is C17H25NO6. The molecule has 0 aromatic carbocycles. The molecule has 0 aromatic rings. The van der Waals surface area contributed by atoms with Gasteiger partial charge in [0.2, 0.25) is 0 Å². The zero-order chi connectivity index (χ0) is 17.7. The van der Waals surface area contributed by atoms with Gasteiger partial charge in [0.05, 0.1) is 0 Å². The fraction of sp³-hybridized carbons (Fsp3) is 0.647. The fourth-order valence-corrected chi connectivity index (χ4v) is 3.81. The highest BCUT2D eigenvalue weighted by atomic mass is 16.5. The van der Waals surface area contributed by atoms with Gasteiger partial charge in [-0.05, 0) is 43.3 Å². The highest BCUT2D eigenvalue weighted by molar-refractivity contribution is 6.27. The number of methoxy groups -OCH3 is 2. The predicted octanol–water partition coefficient (Wildman–Crippen LogP) is 1.01. The van der Waals surface area contributed by atoms with Crippen LogP contribution >= 0.6 is 0 Å². The Bertz CT molecular complexity index is 509. The lowest BCUT2D eigenvalue weighted by atomic mass is 9.72. The predicted molar refractivity (Wildman–Crippen MR) is 86.7 cm³/mol.